The Bertz CT molecular complexity index is 591. The van der Waals surface area contributed by atoms with Crippen LogP contribution in [0.4, 0.5) is 0 Å². The number of Topliss-reactive ketones (excluding diaryl/α,β-unsaturated/α-hetero) is 2. The predicted octanol–water partition coefficient (Wildman–Crippen LogP) is 3.44. The van der Waals surface area contributed by atoms with Gasteiger partial charge in [-0.3, -0.25) is 9.59 Å². The lowest BCUT2D eigenvalue weighted by Gasteiger charge is -2.44. The van der Waals surface area contributed by atoms with Crippen LogP contribution in [-0.4, -0.2) is 38.5 Å². The first-order chi connectivity index (χ1) is 10.1. The topological polar surface area (TPSA) is 77.8 Å². The number of hydroxylamine groups is 2. The quantitative estimate of drug-likeness (QED) is 0.472. The number of aliphatic hydroxyl groups excluding tert-OH is 1. The third-order valence-corrected chi connectivity index (χ3v) is 4.47. The van der Waals surface area contributed by atoms with Crippen molar-refractivity contribution in [3.8, 4) is 0 Å². The molecule has 0 saturated carbocycles. The van der Waals surface area contributed by atoms with Gasteiger partial charge < -0.3 is 10.3 Å². The van der Waals surface area contributed by atoms with E-state index in [1.54, 1.807) is 55.4 Å². The third-order valence-electron chi connectivity index (χ3n) is 4.47. The van der Waals surface area contributed by atoms with Gasteiger partial charge in [0.2, 0.25) is 0 Å². The van der Waals surface area contributed by atoms with E-state index in [1.807, 2.05) is 0 Å². The molecule has 0 saturated heterocycles. The molecule has 1 rings (SSSR count). The van der Waals surface area contributed by atoms with Crippen molar-refractivity contribution in [2.24, 2.45) is 10.8 Å². The van der Waals surface area contributed by atoms with Crippen LogP contribution in [0.1, 0.15) is 55.4 Å². The summed E-state index contributed by atoms with van der Waals surface area (Å²) in [5.74, 6) is -1.10. The van der Waals surface area contributed by atoms with Crippen LogP contribution < -0.4 is 0 Å². The molecule has 1 atom stereocenters. The predicted molar refractivity (Wildman–Crippen MR) is 89.2 cm³/mol. The van der Waals surface area contributed by atoms with E-state index in [4.69, 9.17) is 0 Å². The molecule has 0 aliphatic heterocycles. The fourth-order valence-electron chi connectivity index (χ4n) is 2.99. The zero-order valence-electron chi connectivity index (χ0n) is 15.4. The number of ketones is 2. The molecule has 0 spiro atoms. The summed E-state index contributed by atoms with van der Waals surface area (Å²) in [4.78, 5) is 25.5. The number of allylic oxidation sites excluding steroid dienone is 1. The van der Waals surface area contributed by atoms with Crippen molar-refractivity contribution in [1.29, 1.82) is 0 Å². The van der Waals surface area contributed by atoms with E-state index in [2.05, 4.69) is 6.58 Å². The van der Waals surface area contributed by atoms with Crippen molar-refractivity contribution in [1.82, 2.24) is 5.06 Å². The Morgan fingerprint density at radius 1 is 1.13 bits per heavy atom. The summed E-state index contributed by atoms with van der Waals surface area (Å²) in [5.41, 5.74) is -2.58. The zero-order chi connectivity index (χ0) is 18.5. The number of aliphatic hydroxyl groups is 1. The molecule has 0 fully saturated rings. The second kappa shape index (κ2) is 5.56. The van der Waals surface area contributed by atoms with Gasteiger partial charge in [0.15, 0.2) is 11.6 Å². The van der Waals surface area contributed by atoms with E-state index < -0.39 is 28.2 Å². The van der Waals surface area contributed by atoms with Gasteiger partial charge >= 0.3 is 0 Å². The number of hydrogen-bond acceptors (Lipinski definition) is 5. The lowest BCUT2D eigenvalue weighted by Crippen LogP contribution is -2.55. The molecule has 2 N–H and O–H groups in total. The molecule has 0 aromatic heterocycles. The molecular weight excluding hydrogens is 294 g/mol. The van der Waals surface area contributed by atoms with Crippen LogP contribution in [0.2, 0.25) is 0 Å². The highest BCUT2D eigenvalue weighted by Crippen LogP contribution is 2.45. The molecule has 130 valence electrons. The molecule has 1 unspecified atom stereocenters. The molecule has 1 aliphatic rings. The van der Waals surface area contributed by atoms with Crippen molar-refractivity contribution >= 4 is 11.6 Å². The summed E-state index contributed by atoms with van der Waals surface area (Å²) in [6.45, 7) is 17.2. The monoisotopic (exact) mass is 323 g/mol. The van der Waals surface area contributed by atoms with Crippen molar-refractivity contribution < 1.29 is 19.9 Å². The first kappa shape index (κ1) is 19.6. The van der Waals surface area contributed by atoms with Gasteiger partial charge in [-0.15, -0.1) is 0 Å². The fraction of sp³-hybridized carbons (Fsp3) is 0.667. The van der Waals surface area contributed by atoms with Gasteiger partial charge in [0, 0.05) is 5.54 Å². The molecule has 0 aromatic rings. The second-order valence-electron chi connectivity index (χ2n) is 8.43. The number of rotatable bonds is 3. The Morgan fingerprint density at radius 3 is 1.91 bits per heavy atom. The zero-order valence-corrected chi connectivity index (χ0v) is 15.4. The minimum Gasteiger partial charge on any atom is -0.511 e. The van der Waals surface area contributed by atoms with Crippen LogP contribution in [0.25, 0.3) is 0 Å². The van der Waals surface area contributed by atoms with Gasteiger partial charge in [0.25, 0.3) is 0 Å². The van der Waals surface area contributed by atoms with Crippen molar-refractivity contribution in [2.75, 3.05) is 0 Å². The molecule has 0 heterocycles. The molecule has 1 aliphatic carbocycles. The first-order valence-electron chi connectivity index (χ1n) is 7.74. The first-order valence-corrected chi connectivity index (χ1v) is 7.74. The van der Waals surface area contributed by atoms with Gasteiger partial charge in [0.1, 0.15) is 5.76 Å². The van der Waals surface area contributed by atoms with Gasteiger partial charge in [-0.25, -0.2) is 0 Å². The lowest BCUT2D eigenvalue weighted by atomic mass is 9.62. The molecule has 0 amide bonds. The molecule has 0 bridgehead atoms. The van der Waals surface area contributed by atoms with E-state index in [0.29, 0.717) is 5.57 Å². The molecule has 0 radical (unpaired) electrons. The van der Waals surface area contributed by atoms with E-state index in [1.165, 1.54) is 0 Å². The summed E-state index contributed by atoms with van der Waals surface area (Å²) in [5, 5.41) is 22.3. The van der Waals surface area contributed by atoms with Crippen LogP contribution in [0.15, 0.2) is 23.5 Å². The van der Waals surface area contributed by atoms with Gasteiger partial charge in [-0.2, -0.15) is 5.06 Å². The number of carbonyl (C=O) groups excluding carboxylic acids is 2. The molecule has 5 heteroatoms. The highest BCUT2D eigenvalue weighted by atomic mass is 16.5. The van der Waals surface area contributed by atoms with Crippen LogP contribution >= 0.6 is 0 Å². The Kier molecular flexibility index (Phi) is 4.74. The van der Waals surface area contributed by atoms with Crippen molar-refractivity contribution in [3.63, 3.8) is 0 Å². The van der Waals surface area contributed by atoms with Crippen LogP contribution in [-0.2, 0) is 9.59 Å². The Labute approximate surface area is 138 Å². The van der Waals surface area contributed by atoms with E-state index >= 15 is 0 Å². The summed E-state index contributed by atoms with van der Waals surface area (Å²) in [6.07, 6.45) is 0. The fourth-order valence-corrected chi connectivity index (χ4v) is 2.99. The van der Waals surface area contributed by atoms with E-state index in [9.17, 15) is 19.9 Å². The Morgan fingerprint density at radius 2 is 1.57 bits per heavy atom. The minimum absolute atomic E-state index is 0.0459. The maximum absolute atomic E-state index is 12.9. The maximum Gasteiger partial charge on any atom is 0.177 e. The van der Waals surface area contributed by atoms with Crippen LogP contribution in [0, 0.1) is 10.8 Å². The van der Waals surface area contributed by atoms with Crippen molar-refractivity contribution in [3.05, 3.63) is 23.5 Å². The van der Waals surface area contributed by atoms with Gasteiger partial charge in [-0.05, 0) is 55.4 Å². The minimum atomic E-state index is -1.27. The second-order valence-corrected chi connectivity index (χ2v) is 8.43. The standard InChI is InChI=1S/C18H29NO4/c1-10(2)12(19(23)16(3,4)5)11-13(20)17(6,7)15(22)18(8,9)14(11)21/h12,20,23H,1H2,2-9H3. The highest BCUT2D eigenvalue weighted by Gasteiger charge is 2.55. The Balaban J connectivity index is 3.70. The largest absolute Gasteiger partial charge is 0.511 e. The molecule has 23 heavy (non-hydrogen) atoms. The summed E-state index contributed by atoms with van der Waals surface area (Å²) in [7, 11) is 0. The molecule has 0 aromatic carbocycles. The number of hydrogen-bond donors (Lipinski definition) is 2. The van der Waals surface area contributed by atoms with Crippen LogP contribution in [0.3, 0.4) is 0 Å². The van der Waals surface area contributed by atoms with Gasteiger partial charge in [0.05, 0.1) is 22.4 Å². The van der Waals surface area contributed by atoms with Crippen LogP contribution in [0.5, 0.6) is 0 Å². The van der Waals surface area contributed by atoms with Gasteiger partial charge in [-0.1, -0.05) is 12.2 Å². The normalized spacial score (nSPS) is 22.5. The average Bonchev–Trinajstić information content (AvgIpc) is 2.38. The number of nitrogens with zero attached hydrogens (tertiary/aromatic N) is 1. The lowest BCUT2D eigenvalue weighted by molar-refractivity contribution is -0.174. The van der Waals surface area contributed by atoms with Crippen molar-refractivity contribution in [2.45, 2.75) is 67.0 Å². The summed E-state index contributed by atoms with van der Waals surface area (Å²) >= 11 is 0. The molecular formula is C18H29NO4. The maximum atomic E-state index is 12.9. The third kappa shape index (κ3) is 3.00. The molecule has 5 nitrogen and oxygen atoms in total. The SMILES string of the molecule is C=C(C)C(C1=C(O)C(C)(C)C(=O)C(C)(C)C1=O)N(O)C(C)(C)C. The number of carbonyl (C=O) groups is 2. The smallest absolute Gasteiger partial charge is 0.177 e. The summed E-state index contributed by atoms with van der Waals surface area (Å²) < 4.78 is 0. The Hall–Kier alpha value is -1.46. The highest BCUT2D eigenvalue weighted by molar-refractivity contribution is 6.19. The summed E-state index contributed by atoms with van der Waals surface area (Å²) in [6, 6.07) is -0.880. The average molecular weight is 323 g/mol. The van der Waals surface area contributed by atoms with E-state index in [0.717, 1.165) is 5.06 Å². The van der Waals surface area contributed by atoms with E-state index in [-0.39, 0.29) is 17.1 Å².